The Bertz CT molecular complexity index is 1240. The summed E-state index contributed by atoms with van der Waals surface area (Å²) < 4.78 is 1.82. The maximum Gasteiger partial charge on any atom is 0.230 e. The number of hydrogen-bond acceptors (Lipinski definition) is 5. The molecule has 170 valence electrons. The van der Waals surface area contributed by atoms with Gasteiger partial charge in [-0.15, -0.1) is 5.10 Å². The van der Waals surface area contributed by atoms with Crippen molar-refractivity contribution in [2.45, 2.75) is 37.4 Å². The van der Waals surface area contributed by atoms with E-state index >= 15 is 0 Å². The van der Waals surface area contributed by atoms with Gasteiger partial charge in [0.1, 0.15) is 0 Å². The molecule has 5 rings (SSSR count). The van der Waals surface area contributed by atoms with Gasteiger partial charge >= 0.3 is 0 Å². The smallest absolute Gasteiger partial charge is 0.230 e. The molecule has 0 spiro atoms. The first-order valence-electron chi connectivity index (χ1n) is 11.7. The van der Waals surface area contributed by atoms with Crippen LogP contribution in [-0.4, -0.2) is 50.9 Å². The predicted octanol–water partition coefficient (Wildman–Crippen LogP) is 2.30. The molecule has 1 fully saturated rings. The maximum absolute atomic E-state index is 12.5. The Kier molecular flexibility index (Phi) is 6.83. The minimum atomic E-state index is -0.0269. The number of carbonyl (C=O) groups is 1. The van der Waals surface area contributed by atoms with Crippen LogP contribution in [0.2, 0.25) is 0 Å². The van der Waals surface area contributed by atoms with Gasteiger partial charge in [0.15, 0.2) is 16.6 Å². The zero-order valence-electron chi connectivity index (χ0n) is 18.7. The molecule has 3 heterocycles. The molecule has 0 bridgehead atoms. The Morgan fingerprint density at radius 3 is 2.64 bits per heavy atom. The lowest BCUT2D eigenvalue weighted by Gasteiger charge is -2.22. The highest BCUT2D eigenvalue weighted by molar-refractivity contribution is 7.99. The third-order valence-electron chi connectivity index (χ3n) is 6.12. The molecule has 2 aromatic heterocycles. The Hall–Kier alpha value is -2.97. The molecule has 0 radical (unpaired) electrons. The average Bonchev–Trinajstić information content (AvgIpc) is 3.31. The highest BCUT2D eigenvalue weighted by Crippen LogP contribution is 2.24. The molecule has 33 heavy (non-hydrogen) atoms. The van der Waals surface area contributed by atoms with Crippen molar-refractivity contribution in [2.75, 3.05) is 25.4 Å². The van der Waals surface area contributed by atoms with Crippen molar-refractivity contribution in [2.24, 2.45) is 0 Å². The lowest BCUT2D eigenvalue weighted by Crippen LogP contribution is -3.13. The van der Waals surface area contributed by atoms with E-state index in [4.69, 9.17) is 15.1 Å². The highest BCUT2D eigenvalue weighted by Gasteiger charge is 2.18. The molecule has 1 aliphatic heterocycles. The second-order valence-corrected chi connectivity index (χ2v) is 9.48. The lowest BCUT2D eigenvalue weighted by molar-refractivity contribution is -0.904. The van der Waals surface area contributed by atoms with E-state index in [1.165, 1.54) is 44.1 Å². The number of carbonyl (C=O) groups excluding carboxylic acids is 1. The van der Waals surface area contributed by atoms with Crippen LogP contribution in [0, 0.1) is 0 Å². The van der Waals surface area contributed by atoms with Gasteiger partial charge in [-0.25, -0.2) is 9.97 Å². The predicted molar refractivity (Wildman–Crippen MR) is 130 cm³/mol. The third kappa shape index (κ3) is 5.34. The number of nitrogens with zero attached hydrogens (tertiary/aromatic N) is 4. The zero-order chi connectivity index (χ0) is 22.5. The van der Waals surface area contributed by atoms with E-state index in [0.29, 0.717) is 11.7 Å². The van der Waals surface area contributed by atoms with Crippen LogP contribution in [0.15, 0.2) is 59.8 Å². The number of piperidine rings is 1. The minimum Gasteiger partial charge on any atom is -0.351 e. The summed E-state index contributed by atoms with van der Waals surface area (Å²) in [6, 6.07) is 17.9. The molecule has 1 amide bonds. The van der Waals surface area contributed by atoms with Crippen LogP contribution in [0.1, 0.15) is 30.7 Å². The quantitative estimate of drug-likeness (QED) is 0.311. The largest absolute Gasteiger partial charge is 0.351 e. The van der Waals surface area contributed by atoms with Gasteiger partial charge in [0.05, 0.1) is 37.3 Å². The molecular weight excluding hydrogens is 432 g/mol. The fourth-order valence-corrected chi connectivity index (χ4v) is 5.12. The number of thioether (sulfide) groups is 1. The summed E-state index contributed by atoms with van der Waals surface area (Å²) in [5.41, 5.74) is 2.77. The van der Waals surface area contributed by atoms with E-state index in [0.717, 1.165) is 40.9 Å². The number of quaternary nitrogens is 1. The lowest BCUT2D eigenvalue weighted by atomic mass is 10.1. The highest BCUT2D eigenvalue weighted by atomic mass is 32.2. The first-order valence-corrected chi connectivity index (χ1v) is 12.7. The molecule has 0 unspecified atom stereocenters. The van der Waals surface area contributed by atoms with Crippen LogP contribution >= 0.6 is 11.8 Å². The van der Waals surface area contributed by atoms with Gasteiger partial charge < -0.3 is 10.2 Å². The molecule has 2 N–H and O–H groups in total. The Balaban J connectivity index is 1.32. The molecule has 1 saturated heterocycles. The standard InChI is InChI=1S/C25H28N6OS/c32-23(26-17-19-9-3-1-4-10-19)18-33-25-27-21-12-6-5-11-20(21)24-28-22(29-31(24)25)13-16-30-14-7-2-8-15-30/h1,3-6,9-12H,2,7-8,13-18H2,(H,26,32)/p+1. The number of para-hydroxylation sites is 1. The summed E-state index contributed by atoms with van der Waals surface area (Å²) in [6.45, 7) is 4.08. The van der Waals surface area contributed by atoms with Gasteiger partial charge in [0.25, 0.3) is 0 Å². The van der Waals surface area contributed by atoms with Crippen LogP contribution in [0.5, 0.6) is 0 Å². The Morgan fingerprint density at radius 2 is 1.79 bits per heavy atom. The van der Waals surface area contributed by atoms with Crippen molar-refractivity contribution in [3.63, 3.8) is 0 Å². The van der Waals surface area contributed by atoms with E-state index in [1.807, 2.05) is 59.1 Å². The van der Waals surface area contributed by atoms with Gasteiger partial charge in [-0.05, 0) is 37.0 Å². The van der Waals surface area contributed by atoms with E-state index in [9.17, 15) is 4.79 Å². The van der Waals surface area contributed by atoms with Gasteiger partial charge in [-0.2, -0.15) is 4.52 Å². The van der Waals surface area contributed by atoms with Gasteiger partial charge in [0, 0.05) is 11.9 Å². The fourth-order valence-electron chi connectivity index (χ4n) is 4.34. The number of rotatable bonds is 8. The van der Waals surface area contributed by atoms with Gasteiger partial charge in [0.2, 0.25) is 5.91 Å². The van der Waals surface area contributed by atoms with Crippen LogP contribution in [0.25, 0.3) is 16.6 Å². The summed E-state index contributed by atoms with van der Waals surface area (Å²) in [5, 5.41) is 9.46. The molecule has 0 aliphatic carbocycles. The summed E-state index contributed by atoms with van der Waals surface area (Å²) in [7, 11) is 0. The molecule has 7 nitrogen and oxygen atoms in total. The molecular formula is C25H29N6OS+. The second kappa shape index (κ2) is 10.3. The minimum absolute atomic E-state index is 0.0269. The number of hydrogen-bond donors (Lipinski definition) is 2. The Morgan fingerprint density at radius 1 is 1.00 bits per heavy atom. The van der Waals surface area contributed by atoms with Gasteiger partial charge in [-0.3, -0.25) is 4.79 Å². The van der Waals surface area contributed by atoms with Crippen molar-refractivity contribution in [1.82, 2.24) is 24.9 Å². The third-order valence-corrected chi connectivity index (χ3v) is 7.05. The number of likely N-dealkylation sites (tertiary alicyclic amines) is 1. The van der Waals surface area contributed by atoms with Crippen LogP contribution in [-0.2, 0) is 17.8 Å². The average molecular weight is 462 g/mol. The normalized spacial score (nSPS) is 14.7. The molecule has 0 saturated carbocycles. The number of fused-ring (bicyclic) bond motifs is 3. The van der Waals surface area contributed by atoms with Crippen LogP contribution in [0.4, 0.5) is 0 Å². The maximum atomic E-state index is 12.5. The van der Waals surface area contributed by atoms with Crippen LogP contribution in [0.3, 0.4) is 0 Å². The van der Waals surface area contributed by atoms with Crippen molar-refractivity contribution in [3.05, 3.63) is 66.0 Å². The number of nitrogens with one attached hydrogen (secondary N) is 2. The monoisotopic (exact) mass is 461 g/mol. The van der Waals surface area contributed by atoms with E-state index in [-0.39, 0.29) is 11.7 Å². The van der Waals surface area contributed by atoms with Crippen molar-refractivity contribution >= 4 is 34.2 Å². The number of aromatic nitrogens is 4. The molecule has 4 aromatic rings. The molecule has 2 aromatic carbocycles. The fraction of sp³-hybridized carbons (Fsp3) is 0.360. The second-order valence-electron chi connectivity index (χ2n) is 8.54. The summed E-state index contributed by atoms with van der Waals surface area (Å²) in [5.74, 6) is 1.10. The summed E-state index contributed by atoms with van der Waals surface area (Å²) in [4.78, 5) is 23.8. The number of amides is 1. The summed E-state index contributed by atoms with van der Waals surface area (Å²) in [6.07, 6.45) is 4.84. The molecule has 0 atom stereocenters. The summed E-state index contributed by atoms with van der Waals surface area (Å²) >= 11 is 1.40. The van der Waals surface area contributed by atoms with Crippen molar-refractivity contribution in [1.29, 1.82) is 0 Å². The topological polar surface area (TPSA) is 76.6 Å². The molecule has 1 aliphatic rings. The SMILES string of the molecule is O=C(CSc1nc2ccccc2c2nc(CC[NH+]3CCCCC3)nn12)NCc1ccccc1. The van der Waals surface area contributed by atoms with E-state index in [1.54, 1.807) is 4.90 Å². The first kappa shape index (κ1) is 21.9. The van der Waals surface area contributed by atoms with Crippen molar-refractivity contribution in [3.8, 4) is 0 Å². The Labute approximate surface area is 197 Å². The van der Waals surface area contributed by atoms with Gasteiger partial charge in [-0.1, -0.05) is 54.2 Å². The van der Waals surface area contributed by atoms with Crippen molar-refractivity contribution < 1.29 is 9.69 Å². The molecule has 8 heteroatoms. The van der Waals surface area contributed by atoms with Crippen LogP contribution < -0.4 is 10.2 Å². The van der Waals surface area contributed by atoms with E-state index < -0.39 is 0 Å². The first-order chi connectivity index (χ1) is 16.3. The number of benzene rings is 2. The zero-order valence-corrected chi connectivity index (χ0v) is 19.5. The van der Waals surface area contributed by atoms with E-state index in [2.05, 4.69) is 5.32 Å².